The zero-order valence-corrected chi connectivity index (χ0v) is 13.1. The van der Waals surface area contributed by atoms with Crippen molar-refractivity contribution in [1.82, 2.24) is 5.32 Å². The minimum atomic E-state index is -0.311. The van der Waals surface area contributed by atoms with Crippen molar-refractivity contribution in [2.45, 2.75) is 33.7 Å². The van der Waals surface area contributed by atoms with E-state index in [0.29, 0.717) is 18.0 Å². The van der Waals surface area contributed by atoms with Gasteiger partial charge < -0.3 is 9.73 Å². The Kier molecular flexibility index (Phi) is 4.63. The van der Waals surface area contributed by atoms with E-state index < -0.39 is 0 Å². The fourth-order valence-electron chi connectivity index (χ4n) is 2.23. The molecule has 0 radical (unpaired) electrons. The fourth-order valence-corrected chi connectivity index (χ4v) is 2.66. The summed E-state index contributed by atoms with van der Waals surface area (Å²) < 4.78 is 20.3. The van der Waals surface area contributed by atoms with Gasteiger partial charge in [-0.15, -0.1) is 0 Å². The van der Waals surface area contributed by atoms with Crippen LogP contribution in [-0.2, 0) is 13.0 Å². The maximum Gasteiger partial charge on any atom is 0.170 e. The Morgan fingerprint density at radius 1 is 1.37 bits per heavy atom. The van der Waals surface area contributed by atoms with Crippen molar-refractivity contribution in [3.63, 3.8) is 0 Å². The smallest absolute Gasteiger partial charge is 0.170 e. The molecule has 0 bridgehead atoms. The van der Waals surface area contributed by atoms with Crippen LogP contribution in [0.25, 0.3) is 11.0 Å². The molecule has 2 aromatic rings. The number of hydrogen-bond acceptors (Lipinski definition) is 2. The van der Waals surface area contributed by atoms with Crippen LogP contribution >= 0.6 is 15.9 Å². The molecule has 1 aromatic heterocycles. The number of fused-ring (bicyclic) bond motifs is 1. The molecule has 0 saturated heterocycles. The first-order valence-electron chi connectivity index (χ1n) is 6.63. The van der Waals surface area contributed by atoms with E-state index in [1.807, 2.05) is 6.07 Å². The lowest BCUT2D eigenvalue weighted by Gasteiger charge is -2.06. The highest BCUT2D eigenvalue weighted by Crippen LogP contribution is 2.31. The van der Waals surface area contributed by atoms with Gasteiger partial charge in [-0.05, 0) is 31.0 Å². The predicted octanol–water partition coefficient (Wildman–Crippen LogP) is 4.64. The van der Waals surface area contributed by atoms with Gasteiger partial charge in [0.1, 0.15) is 5.76 Å². The van der Waals surface area contributed by atoms with Crippen molar-refractivity contribution in [2.75, 3.05) is 6.54 Å². The highest BCUT2D eigenvalue weighted by molar-refractivity contribution is 9.10. The first-order valence-corrected chi connectivity index (χ1v) is 7.42. The van der Waals surface area contributed by atoms with Gasteiger partial charge in [0.2, 0.25) is 0 Å². The number of rotatable bonds is 5. The number of benzene rings is 1. The summed E-state index contributed by atoms with van der Waals surface area (Å²) in [6, 6.07) is 3.36. The molecular weight excluding hydrogens is 309 g/mol. The van der Waals surface area contributed by atoms with Gasteiger partial charge in [0.15, 0.2) is 11.4 Å². The number of aryl methyl sites for hydroxylation is 1. The lowest BCUT2D eigenvalue weighted by Crippen LogP contribution is -2.19. The largest absolute Gasteiger partial charge is 0.456 e. The highest BCUT2D eigenvalue weighted by atomic mass is 79.9. The molecule has 2 rings (SSSR count). The van der Waals surface area contributed by atoms with Gasteiger partial charge in [-0.3, -0.25) is 0 Å². The van der Waals surface area contributed by atoms with Gasteiger partial charge in [-0.2, -0.15) is 0 Å². The summed E-state index contributed by atoms with van der Waals surface area (Å²) in [5, 5.41) is 4.21. The monoisotopic (exact) mass is 327 g/mol. The van der Waals surface area contributed by atoms with E-state index in [4.69, 9.17) is 4.42 Å². The van der Waals surface area contributed by atoms with Gasteiger partial charge in [0, 0.05) is 15.4 Å². The van der Waals surface area contributed by atoms with Gasteiger partial charge in [0.25, 0.3) is 0 Å². The van der Waals surface area contributed by atoms with Crippen molar-refractivity contribution in [2.24, 2.45) is 5.92 Å². The van der Waals surface area contributed by atoms with Crippen LogP contribution in [0.1, 0.15) is 32.1 Å². The van der Waals surface area contributed by atoms with Crippen molar-refractivity contribution in [1.29, 1.82) is 0 Å². The Bertz CT molecular complexity index is 577. The van der Waals surface area contributed by atoms with E-state index in [9.17, 15) is 4.39 Å². The second-order valence-electron chi connectivity index (χ2n) is 5.15. The Balaban J connectivity index is 2.36. The van der Waals surface area contributed by atoms with Crippen molar-refractivity contribution in [3.05, 3.63) is 33.7 Å². The van der Waals surface area contributed by atoms with E-state index in [1.165, 1.54) is 6.07 Å². The summed E-state index contributed by atoms with van der Waals surface area (Å²) in [6.45, 7) is 7.95. The third kappa shape index (κ3) is 3.18. The Morgan fingerprint density at radius 3 is 2.74 bits per heavy atom. The van der Waals surface area contributed by atoms with Gasteiger partial charge in [0.05, 0.1) is 6.54 Å². The summed E-state index contributed by atoms with van der Waals surface area (Å²) in [6.07, 6.45) is 0.835. The topological polar surface area (TPSA) is 25.2 Å². The summed E-state index contributed by atoms with van der Waals surface area (Å²) in [5.41, 5.74) is 1.45. The van der Waals surface area contributed by atoms with E-state index in [0.717, 1.165) is 34.1 Å². The predicted molar refractivity (Wildman–Crippen MR) is 79.8 cm³/mol. The van der Waals surface area contributed by atoms with Gasteiger partial charge in [-0.25, -0.2) is 4.39 Å². The molecule has 2 nitrogen and oxygen atoms in total. The molecule has 0 unspecified atom stereocenters. The summed E-state index contributed by atoms with van der Waals surface area (Å²) in [4.78, 5) is 0. The Morgan fingerprint density at radius 2 is 2.11 bits per heavy atom. The highest BCUT2D eigenvalue weighted by Gasteiger charge is 2.16. The first-order chi connectivity index (χ1) is 9.02. The number of furan rings is 1. The maximum atomic E-state index is 13.9. The third-order valence-corrected chi connectivity index (χ3v) is 3.54. The molecule has 0 saturated carbocycles. The molecular formula is C15H19BrFNO. The van der Waals surface area contributed by atoms with Crippen LogP contribution < -0.4 is 5.32 Å². The summed E-state index contributed by atoms with van der Waals surface area (Å²) in [5.74, 6) is 1.12. The number of nitrogens with one attached hydrogen (secondary N) is 1. The summed E-state index contributed by atoms with van der Waals surface area (Å²) in [7, 11) is 0. The average molecular weight is 328 g/mol. The van der Waals surface area contributed by atoms with Crippen LogP contribution in [0.15, 0.2) is 21.0 Å². The minimum absolute atomic E-state index is 0.311. The van der Waals surface area contributed by atoms with Crippen LogP contribution in [0.3, 0.4) is 0 Å². The minimum Gasteiger partial charge on any atom is -0.456 e. The quantitative estimate of drug-likeness (QED) is 0.865. The normalized spacial score (nSPS) is 11.7. The summed E-state index contributed by atoms with van der Waals surface area (Å²) >= 11 is 3.33. The first kappa shape index (κ1) is 14.5. The van der Waals surface area contributed by atoms with Crippen LogP contribution in [0.4, 0.5) is 4.39 Å². The second-order valence-corrected chi connectivity index (χ2v) is 6.06. The molecule has 0 aliphatic carbocycles. The molecule has 0 atom stereocenters. The molecule has 0 spiro atoms. The van der Waals surface area contributed by atoms with E-state index in [1.54, 1.807) is 0 Å². The van der Waals surface area contributed by atoms with Crippen molar-refractivity contribution < 1.29 is 8.81 Å². The molecule has 104 valence electrons. The molecule has 0 fully saturated rings. The standard InChI is InChI=1S/C15H19BrFNO/c1-4-11-12-5-10(16)6-13(17)15(12)19-14(11)8-18-7-9(2)3/h5-6,9,18H,4,7-8H2,1-3H3. The fraction of sp³-hybridized carbons (Fsp3) is 0.467. The van der Waals surface area contributed by atoms with Crippen molar-refractivity contribution >= 4 is 26.9 Å². The lowest BCUT2D eigenvalue weighted by molar-refractivity contribution is 0.471. The van der Waals surface area contributed by atoms with E-state index in [2.05, 4.69) is 42.0 Å². The Labute approximate surface area is 121 Å². The molecule has 4 heteroatoms. The molecule has 1 aromatic carbocycles. The molecule has 0 amide bonds. The zero-order valence-electron chi connectivity index (χ0n) is 11.5. The average Bonchev–Trinajstić information content (AvgIpc) is 2.66. The zero-order chi connectivity index (χ0) is 14.0. The third-order valence-electron chi connectivity index (χ3n) is 3.09. The Hall–Kier alpha value is -0.870. The molecule has 19 heavy (non-hydrogen) atoms. The van der Waals surface area contributed by atoms with Crippen molar-refractivity contribution in [3.8, 4) is 0 Å². The lowest BCUT2D eigenvalue weighted by atomic mass is 10.1. The van der Waals surface area contributed by atoms with Gasteiger partial charge in [-0.1, -0.05) is 36.7 Å². The van der Waals surface area contributed by atoms with Crippen LogP contribution in [0, 0.1) is 11.7 Å². The van der Waals surface area contributed by atoms with Crippen LogP contribution in [-0.4, -0.2) is 6.54 Å². The van der Waals surface area contributed by atoms with E-state index >= 15 is 0 Å². The van der Waals surface area contributed by atoms with Crippen LogP contribution in [0.5, 0.6) is 0 Å². The molecule has 0 aliphatic rings. The number of halogens is 2. The second kappa shape index (κ2) is 6.06. The SMILES string of the molecule is CCc1c(CNCC(C)C)oc2c(F)cc(Br)cc12. The number of hydrogen-bond donors (Lipinski definition) is 1. The molecule has 0 aliphatic heterocycles. The molecule has 1 N–H and O–H groups in total. The van der Waals surface area contributed by atoms with E-state index in [-0.39, 0.29) is 5.82 Å². The maximum absolute atomic E-state index is 13.9. The van der Waals surface area contributed by atoms with Crippen LogP contribution in [0.2, 0.25) is 0 Å². The van der Waals surface area contributed by atoms with Gasteiger partial charge >= 0.3 is 0 Å². The molecule has 1 heterocycles.